The molecule has 55 heavy (non-hydrogen) atoms. The molecule has 288 valence electrons. The van der Waals surface area contributed by atoms with E-state index in [4.69, 9.17) is 13.9 Å². The Hall–Kier alpha value is -5.96. The van der Waals surface area contributed by atoms with Crippen molar-refractivity contribution in [2.45, 2.75) is 65.3 Å². The first-order valence-corrected chi connectivity index (χ1v) is 18.6. The second-order valence-corrected chi connectivity index (χ2v) is 14.3. The number of imidazole rings is 2. The standard InChI is InChI=1S/C40H46N8O7/c1-6-13-47(38(50)36(22(2)3)46-40(52)53-5)20-33-42-17-28(44-33)24-9-11-25-27-21-54-31-15-23(10-12-26(31)35(27)39(51)55-32(25)16-24)29-18-43-37(45-29)30-8-7-14-48(30)34(49)19-41-4/h9-12,15-18,22,30,36,41H,6-8,13-14,19-21H2,1-5H3,(H,42,44)(H,43,45)(H,46,52). The number of likely N-dealkylation sites (tertiary alicyclic amines) is 1. The molecule has 2 aliphatic rings. The molecule has 2 aromatic carbocycles. The minimum Gasteiger partial charge on any atom is -0.488 e. The number of hydrogen-bond donors (Lipinski definition) is 4. The average Bonchev–Trinajstić information content (AvgIpc) is 3.97. The zero-order chi connectivity index (χ0) is 38.8. The van der Waals surface area contributed by atoms with Crippen LogP contribution in [0.2, 0.25) is 0 Å². The number of hydrogen-bond acceptors (Lipinski definition) is 10. The van der Waals surface area contributed by atoms with Gasteiger partial charge in [0.1, 0.15) is 35.6 Å². The largest absolute Gasteiger partial charge is 0.488 e. The summed E-state index contributed by atoms with van der Waals surface area (Å²) in [5.74, 6) is 1.56. The van der Waals surface area contributed by atoms with Gasteiger partial charge in [-0.2, -0.15) is 0 Å². The highest BCUT2D eigenvalue weighted by molar-refractivity contribution is 5.92. The molecule has 0 radical (unpaired) electrons. The normalized spacial score (nSPS) is 15.4. The molecule has 15 nitrogen and oxygen atoms in total. The monoisotopic (exact) mass is 750 g/mol. The van der Waals surface area contributed by atoms with Crippen molar-refractivity contribution < 1.29 is 28.3 Å². The number of nitrogens with zero attached hydrogens (tertiary/aromatic N) is 4. The van der Waals surface area contributed by atoms with E-state index in [1.54, 1.807) is 30.4 Å². The van der Waals surface area contributed by atoms with E-state index in [9.17, 15) is 19.2 Å². The smallest absolute Gasteiger partial charge is 0.407 e. The quantitative estimate of drug-likeness (QED) is 0.125. The number of alkyl carbamates (subject to hydrolysis) is 1. The summed E-state index contributed by atoms with van der Waals surface area (Å²) in [6.45, 7) is 7.57. The first kappa shape index (κ1) is 37.4. The van der Waals surface area contributed by atoms with Crippen LogP contribution >= 0.6 is 0 Å². The highest BCUT2D eigenvalue weighted by Crippen LogP contribution is 2.41. The van der Waals surface area contributed by atoms with E-state index >= 15 is 0 Å². The van der Waals surface area contributed by atoms with Gasteiger partial charge in [0, 0.05) is 40.7 Å². The third-order valence-electron chi connectivity index (χ3n) is 10.2. The molecule has 7 rings (SSSR count). The van der Waals surface area contributed by atoms with E-state index in [0.29, 0.717) is 47.1 Å². The van der Waals surface area contributed by atoms with Crippen LogP contribution in [-0.4, -0.2) is 87.5 Å². The van der Waals surface area contributed by atoms with Gasteiger partial charge in [0.25, 0.3) is 0 Å². The second-order valence-electron chi connectivity index (χ2n) is 14.3. The molecule has 3 amide bonds. The zero-order valence-corrected chi connectivity index (χ0v) is 31.7. The Balaban J connectivity index is 1.11. The Morgan fingerprint density at radius 2 is 1.84 bits per heavy atom. The SMILES string of the molecule is CCCN(Cc1ncc(-c2ccc3c4c(c(=O)oc3c2)-c2ccc(-c3cnc(C5CCCN5C(=O)CNC)[nH]3)cc2OC4)[nH]1)C(=O)C(NC(=O)OC)C(C)C. The molecule has 3 aromatic heterocycles. The summed E-state index contributed by atoms with van der Waals surface area (Å²) in [5.41, 5.74) is 4.89. The number of nitrogens with one attached hydrogen (secondary N) is 4. The fourth-order valence-electron chi connectivity index (χ4n) is 7.48. The minimum absolute atomic E-state index is 0.0501. The van der Waals surface area contributed by atoms with Crippen LogP contribution < -0.4 is 21.0 Å². The summed E-state index contributed by atoms with van der Waals surface area (Å²) < 4.78 is 16.9. The predicted molar refractivity (Wildman–Crippen MR) is 205 cm³/mol. The number of H-pyrrole nitrogens is 2. The lowest BCUT2D eigenvalue weighted by Gasteiger charge is -2.28. The number of aromatic amines is 2. The van der Waals surface area contributed by atoms with Crippen molar-refractivity contribution in [3.05, 3.63) is 76.4 Å². The van der Waals surface area contributed by atoms with Gasteiger partial charge in [-0.05, 0) is 50.4 Å². The van der Waals surface area contributed by atoms with Gasteiger partial charge >= 0.3 is 11.7 Å². The lowest BCUT2D eigenvalue weighted by molar-refractivity contribution is -0.135. The summed E-state index contributed by atoms with van der Waals surface area (Å²) >= 11 is 0. The van der Waals surface area contributed by atoms with Gasteiger partial charge in [-0.15, -0.1) is 0 Å². The molecule has 5 aromatic rings. The highest BCUT2D eigenvalue weighted by atomic mass is 16.5. The summed E-state index contributed by atoms with van der Waals surface area (Å²) in [7, 11) is 3.03. The maximum atomic E-state index is 13.6. The van der Waals surface area contributed by atoms with Gasteiger partial charge in [0.15, 0.2) is 0 Å². The number of ether oxygens (including phenoxy) is 2. The van der Waals surface area contributed by atoms with Crippen LogP contribution in [0.15, 0.2) is 58.0 Å². The maximum Gasteiger partial charge on any atom is 0.407 e. The molecule has 15 heteroatoms. The molecule has 4 N–H and O–H groups in total. The van der Waals surface area contributed by atoms with Gasteiger partial charge in [-0.25, -0.2) is 19.6 Å². The molecule has 2 unspecified atom stereocenters. The van der Waals surface area contributed by atoms with Gasteiger partial charge in [-0.1, -0.05) is 39.0 Å². The predicted octanol–water partition coefficient (Wildman–Crippen LogP) is 5.13. The van der Waals surface area contributed by atoms with Crippen molar-refractivity contribution in [2.24, 2.45) is 5.92 Å². The Kier molecular flexibility index (Phi) is 10.7. The van der Waals surface area contributed by atoms with Crippen LogP contribution in [0.3, 0.4) is 0 Å². The third kappa shape index (κ3) is 7.43. The number of aromatic nitrogens is 4. The topological polar surface area (TPSA) is 188 Å². The highest BCUT2D eigenvalue weighted by Gasteiger charge is 2.32. The van der Waals surface area contributed by atoms with E-state index < -0.39 is 17.8 Å². The van der Waals surface area contributed by atoms with E-state index in [2.05, 4.69) is 30.6 Å². The molecule has 2 atom stereocenters. The average molecular weight is 751 g/mol. The van der Waals surface area contributed by atoms with Crippen molar-refractivity contribution in [3.63, 3.8) is 0 Å². The summed E-state index contributed by atoms with van der Waals surface area (Å²) in [6, 6.07) is 10.5. The molecular weight excluding hydrogens is 704 g/mol. The van der Waals surface area contributed by atoms with Crippen LogP contribution in [0.25, 0.3) is 44.6 Å². The number of likely N-dealkylation sites (N-methyl/N-ethyl adjacent to an activating group) is 1. The molecule has 0 saturated carbocycles. The first-order chi connectivity index (χ1) is 26.6. The number of fused-ring (bicyclic) bond motifs is 5. The van der Waals surface area contributed by atoms with Crippen molar-refractivity contribution in [2.75, 3.05) is 33.8 Å². The molecule has 0 bridgehead atoms. The van der Waals surface area contributed by atoms with Gasteiger partial charge in [0.2, 0.25) is 11.8 Å². The molecular formula is C40H46N8O7. The lowest BCUT2D eigenvalue weighted by Crippen LogP contribution is -2.51. The molecule has 5 heterocycles. The number of methoxy groups -OCH3 is 1. The number of carbonyl (C=O) groups is 3. The molecule has 1 saturated heterocycles. The van der Waals surface area contributed by atoms with Gasteiger partial charge in [-0.3, -0.25) is 9.59 Å². The lowest BCUT2D eigenvalue weighted by atomic mass is 9.94. The number of amides is 3. The fraction of sp³-hybridized carbons (Fsp3) is 0.400. The number of benzene rings is 2. The van der Waals surface area contributed by atoms with E-state index in [1.165, 1.54) is 7.11 Å². The molecule has 1 fully saturated rings. The van der Waals surface area contributed by atoms with Crippen LogP contribution in [0.5, 0.6) is 5.75 Å². The van der Waals surface area contributed by atoms with E-state index in [1.807, 2.05) is 56.0 Å². The molecule has 0 spiro atoms. The van der Waals surface area contributed by atoms with Crippen LogP contribution in [0.1, 0.15) is 63.3 Å². The molecule has 2 aliphatic heterocycles. The number of rotatable bonds is 12. The van der Waals surface area contributed by atoms with Crippen LogP contribution in [0.4, 0.5) is 4.79 Å². The number of carbonyl (C=O) groups excluding carboxylic acids is 3. The van der Waals surface area contributed by atoms with Crippen molar-refractivity contribution in [1.82, 2.24) is 40.4 Å². The van der Waals surface area contributed by atoms with E-state index in [0.717, 1.165) is 52.9 Å². The Labute approximate surface area is 317 Å². The molecule has 0 aliphatic carbocycles. The Morgan fingerprint density at radius 1 is 1.07 bits per heavy atom. The maximum absolute atomic E-state index is 13.6. The van der Waals surface area contributed by atoms with Crippen molar-refractivity contribution in [1.29, 1.82) is 0 Å². The fourth-order valence-corrected chi connectivity index (χ4v) is 7.48. The Bertz CT molecular complexity index is 2290. The van der Waals surface area contributed by atoms with Crippen LogP contribution in [0, 0.1) is 5.92 Å². The summed E-state index contributed by atoms with van der Waals surface area (Å²) in [5, 5.41) is 6.35. The minimum atomic E-state index is -0.749. The first-order valence-electron chi connectivity index (χ1n) is 18.6. The second kappa shape index (κ2) is 15.8. The van der Waals surface area contributed by atoms with Crippen molar-refractivity contribution >= 4 is 28.9 Å². The summed E-state index contributed by atoms with van der Waals surface area (Å²) in [4.78, 5) is 71.1. The van der Waals surface area contributed by atoms with Gasteiger partial charge < -0.3 is 44.3 Å². The Morgan fingerprint density at radius 3 is 2.60 bits per heavy atom. The van der Waals surface area contributed by atoms with E-state index in [-0.39, 0.29) is 43.5 Å². The van der Waals surface area contributed by atoms with Gasteiger partial charge in [0.05, 0.1) is 55.6 Å². The third-order valence-corrected chi connectivity index (χ3v) is 10.2. The van der Waals surface area contributed by atoms with Crippen molar-refractivity contribution in [3.8, 4) is 39.4 Å². The zero-order valence-electron chi connectivity index (χ0n) is 31.7. The summed E-state index contributed by atoms with van der Waals surface area (Å²) in [6.07, 6.45) is 5.27. The van der Waals surface area contributed by atoms with Crippen LogP contribution in [-0.2, 0) is 27.5 Å².